The summed E-state index contributed by atoms with van der Waals surface area (Å²) in [6.45, 7) is 1.90. The lowest BCUT2D eigenvalue weighted by Gasteiger charge is -2.37. The van der Waals surface area contributed by atoms with Crippen molar-refractivity contribution in [3.63, 3.8) is 0 Å². The van der Waals surface area contributed by atoms with Crippen LogP contribution in [0, 0.1) is 6.92 Å². The molecule has 2 atom stereocenters. The number of hydrogen-bond acceptors (Lipinski definition) is 4. The van der Waals surface area contributed by atoms with Gasteiger partial charge in [-0.3, -0.25) is 4.79 Å². The van der Waals surface area contributed by atoms with Crippen molar-refractivity contribution in [2.24, 2.45) is 0 Å². The number of fused-ring (bicyclic) bond motifs is 2. The second-order valence-corrected chi connectivity index (χ2v) is 5.86. The number of nitrogens with zero attached hydrogens (tertiary/aromatic N) is 2. The van der Waals surface area contributed by atoms with E-state index in [1.54, 1.807) is 13.1 Å². The minimum absolute atomic E-state index is 0.0754. The largest absolute Gasteiger partial charge is 0.393 e. The molecule has 2 aliphatic heterocycles. The molecule has 20 heavy (non-hydrogen) atoms. The van der Waals surface area contributed by atoms with E-state index in [-0.39, 0.29) is 24.1 Å². The van der Waals surface area contributed by atoms with Gasteiger partial charge in [0.2, 0.25) is 0 Å². The standard InChI is InChI=1S/C15H21N3O2/c1-9-5-10(6-14(16-2)17-9)15(20)18-11-3-4-12(18)8-13(19)7-11/h5-6,11-13,19H,3-4,7-8H2,1-2H3,(H,16,17). The Balaban J connectivity index is 1.88. The van der Waals surface area contributed by atoms with Gasteiger partial charge in [0.25, 0.3) is 5.91 Å². The van der Waals surface area contributed by atoms with Crippen molar-refractivity contribution in [1.82, 2.24) is 9.88 Å². The molecular weight excluding hydrogens is 254 g/mol. The highest BCUT2D eigenvalue weighted by molar-refractivity contribution is 5.95. The minimum Gasteiger partial charge on any atom is -0.393 e. The third-order valence-corrected chi connectivity index (χ3v) is 4.40. The average molecular weight is 275 g/mol. The van der Waals surface area contributed by atoms with Crippen molar-refractivity contribution >= 4 is 11.7 Å². The number of hydrogen-bond donors (Lipinski definition) is 2. The SMILES string of the molecule is CNc1cc(C(=O)N2C3CCC2CC(O)C3)cc(C)n1. The first-order chi connectivity index (χ1) is 9.58. The molecule has 0 spiro atoms. The van der Waals surface area contributed by atoms with Gasteiger partial charge < -0.3 is 15.3 Å². The molecule has 0 aliphatic carbocycles. The first kappa shape index (κ1) is 13.4. The number of carbonyl (C=O) groups excluding carboxylic acids is 1. The average Bonchev–Trinajstić information content (AvgIpc) is 2.69. The summed E-state index contributed by atoms with van der Waals surface area (Å²) >= 11 is 0. The number of piperidine rings is 1. The van der Waals surface area contributed by atoms with Crippen LogP contribution in [0.3, 0.4) is 0 Å². The van der Waals surface area contributed by atoms with Crippen molar-refractivity contribution in [2.45, 2.75) is 50.8 Å². The fraction of sp³-hybridized carbons (Fsp3) is 0.600. The number of aliphatic hydroxyl groups is 1. The maximum Gasteiger partial charge on any atom is 0.254 e. The number of amides is 1. The Morgan fingerprint density at radius 3 is 2.60 bits per heavy atom. The molecule has 2 N–H and O–H groups in total. The normalized spacial score (nSPS) is 28.6. The van der Waals surface area contributed by atoms with Gasteiger partial charge in [-0.15, -0.1) is 0 Å². The van der Waals surface area contributed by atoms with Gasteiger partial charge in [-0.05, 0) is 44.7 Å². The lowest BCUT2D eigenvalue weighted by molar-refractivity contribution is 0.0287. The Kier molecular flexibility index (Phi) is 3.38. The van der Waals surface area contributed by atoms with E-state index in [2.05, 4.69) is 10.3 Å². The van der Waals surface area contributed by atoms with Crippen molar-refractivity contribution in [3.05, 3.63) is 23.4 Å². The van der Waals surface area contributed by atoms with Gasteiger partial charge >= 0.3 is 0 Å². The number of pyridine rings is 1. The van der Waals surface area contributed by atoms with Crippen LogP contribution in [0.5, 0.6) is 0 Å². The molecule has 1 aromatic heterocycles. The van der Waals surface area contributed by atoms with E-state index in [0.29, 0.717) is 18.4 Å². The topological polar surface area (TPSA) is 65.5 Å². The minimum atomic E-state index is -0.247. The fourth-order valence-electron chi connectivity index (χ4n) is 3.55. The summed E-state index contributed by atoms with van der Waals surface area (Å²) in [4.78, 5) is 19.1. The first-order valence-electron chi connectivity index (χ1n) is 7.25. The zero-order chi connectivity index (χ0) is 14.3. The Hall–Kier alpha value is -1.62. The molecule has 5 heteroatoms. The van der Waals surface area contributed by atoms with E-state index in [4.69, 9.17) is 0 Å². The summed E-state index contributed by atoms with van der Waals surface area (Å²) in [6.07, 6.45) is 3.20. The zero-order valence-electron chi connectivity index (χ0n) is 12.0. The first-order valence-corrected chi connectivity index (χ1v) is 7.25. The second-order valence-electron chi connectivity index (χ2n) is 5.86. The Bertz CT molecular complexity index is 518. The number of aliphatic hydroxyl groups excluding tert-OH is 1. The van der Waals surface area contributed by atoms with Crippen LogP contribution < -0.4 is 5.32 Å². The lowest BCUT2D eigenvalue weighted by atomic mass is 9.98. The molecule has 2 aliphatic rings. The monoisotopic (exact) mass is 275 g/mol. The summed E-state index contributed by atoms with van der Waals surface area (Å²) < 4.78 is 0. The van der Waals surface area contributed by atoms with Crippen LogP contribution in [0.2, 0.25) is 0 Å². The third-order valence-electron chi connectivity index (χ3n) is 4.40. The molecule has 0 saturated carbocycles. The van der Waals surface area contributed by atoms with E-state index in [0.717, 1.165) is 24.4 Å². The molecule has 2 fully saturated rings. The van der Waals surface area contributed by atoms with Gasteiger partial charge in [-0.1, -0.05) is 0 Å². The molecule has 2 saturated heterocycles. The summed E-state index contributed by atoms with van der Waals surface area (Å²) in [5.41, 5.74) is 1.53. The maximum absolute atomic E-state index is 12.8. The maximum atomic E-state index is 12.8. The molecule has 2 bridgehead atoms. The summed E-state index contributed by atoms with van der Waals surface area (Å²) in [5.74, 6) is 0.796. The summed E-state index contributed by atoms with van der Waals surface area (Å²) in [5, 5.41) is 12.8. The second kappa shape index (κ2) is 5.05. The van der Waals surface area contributed by atoms with Gasteiger partial charge in [0.1, 0.15) is 5.82 Å². The molecule has 3 rings (SSSR count). The predicted octanol–water partition coefficient (Wildman–Crippen LogP) is 1.56. The number of rotatable bonds is 2. The van der Waals surface area contributed by atoms with Crippen molar-refractivity contribution in [1.29, 1.82) is 0 Å². The van der Waals surface area contributed by atoms with E-state index < -0.39 is 0 Å². The van der Waals surface area contributed by atoms with Crippen LogP contribution in [-0.2, 0) is 0 Å². The summed E-state index contributed by atoms with van der Waals surface area (Å²) in [6, 6.07) is 4.04. The van der Waals surface area contributed by atoms with Gasteiger partial charge in [-0.25, -0.2) is 4.98 Å². The van der Waals surface area contributed by atoms with Crippen LogP contribution in [0.4, 0.5) is 5.82 Å². The lowest BCUT2D eigenvalue weighted by Crippen LogP contribution is -2.48. The van der Waals surface area contributed by atoms with Crippen LogP contribution in [0.1, 0.15) is 41.7 Å². The van der Waals surface area contributed by atoms with E-state index in [1.165, 1.54) is 0 Å². The van der Waals surface area contributed by atoms with Crippen LogP contribution in [0.15, 0.2) is 12.1 Å². The number of nitrogens with one attached hydrogen (secondary N) is 1. The molecule has 1 aromatic rings. The van der Waals surface area contributed by atoms with Crippen LogP contribution >= 0.6 is 0 Å². The molecule has 0 radical (unpaired) electrons. The Morgan fingerprint density at radius 1 is 1.35 bits per heavy atom. The highest BCUT2D eigenvalue weighted by atomic mass is 16.3. The number of carbonyl (C=O) groups is 1. The van der Waals surface area contributed by atoms with Crippen LogP contribution in [0.25, 0.3) is 0 Å². The molecule has 3 heterocycles. The smallest absolute Gasteiger partial charge is 0.254 e. The van der Waals surface area contributed by atoms with Crippen molar-refractivity contribution in [2.75, 3.05) is 12.4 Å². The Morgan fingerprint density at radius 2 is 2.00 bits per heavy atom. The Labute approximate surface area is 119 Å². The number of aromatic nitrogens is 1. The van der Waals surface area contributed by atoms with E-state index in [1.807, 2.05) is 17.9 Å². The fourth-order valence-corrected chi connectivity index (χ4v) is 3.55. The van der Waals surface area contributed by atoms with Crippen LogP contribution in [-0.4, -0.2) is 46.1 Å². The predicted molar refractivity (Wildman–Crippen MR) is 76.7 cm³/mol. The molecular formula is C15H21N3O2. The number of anilines is 1. The number of aryl methyl sites for hydroxylation is 1. The van der Waals surface area contributed by atoms with Gasteiger partial charge in [0.05, 0.1) is 6.10 Å². The molecule has 5 nitrogen and oxygen atoms in total. The van der Waals surface area contributed by atoms with E-state index >= 15 is 0 Å². The zero-order valence-corrected chi connectivity index (χ0v) is 12.0. The van der Waals surface area contributed by atoms with Crippen molar-refractivity contribution < 1.29 is 9.90 Å². The van der Waals surface area contributed by atoms with Gasteiger partial charge in [0, 0.05) is 30.4 Å². The quantitative estimate of drug-likeness (QED) is 0.859. The highest BCUT2D eigenvalue weighted by Crippen LogP contribution is 2.36. The summed E-state index contributed by atoms with van der Waals surface area (Å²) in [7, 11) is 1.80. The van der Waals surface area contributed by atoms with Gasteiger partial charge in [-0.2, -0.15) is 0 Å². The molecule has 0 aromatic carbocycles. The molecule has 108 valence electrons. The molecule has 2 unspecified atom stereocenters. The third kappa shape index (κ3) is 2.26. The molecule has 1 amide bonds. The van der Waals surface area contributed by atoms with E-state index in [9.17, 15) is 9.90 Å². The highest BCUT2D eigenvalue weighted by Gasteiger charge is 2.42. The van der Waals surface area contributed by atoms with Crippen molar-refractivity contribution in [3.8, 4) is 0 Å². The van der Waals surface area contributed by atoms with Gasteiger partial charge in [0.15, 0.2) is 0 Å².